The molecule has 0 aromatic carbocycles. The van der Waals surface area contributed by atoms with Gasteiger partial charge in [0.15, 0.2) is 0 Å². The molecule has 2 heterocycles. The van der Waals surface area contributed by atoms with Gasteiger partial charge < -0.3 is 14.8 Å². The third kappa shape index (κ3) is 4.99. The zero-order chi connectivity index (χ0) is 21.1. The molecule has 0 aromatic heterocycles. The largest absolute Gasteiger partial charge is 0.378 e. The SMILES string of the molecule is COC1CN(C2CCC(CC3CNCCO3)CC2C2CCC(C#N)C(F)C2)NC1C. The van der Waals surface area contributed by atoms with Gasteiger partial charge in [-0.25, -0.2) is 14.8 Å². The maximum Gasteiger partial charge on any atom is 0.116 e. The van der Waals surface area contributed by atoms with Crippen LogP contribution < -0.4 is 10.7 Å². The molecule has 0 aromatic rings. The molecule has 2 saturated heterocycles. The van der Waals surface area contributed by atoms with Gasteiger partial charge in [0.05, 0.1) is 30.8 Å². The molecule has 9 unspecified atom stereocenters. The van der Waals surface area contributed by atoms with Gasteiger partial charge in [0.2, 0.25) is 0 Å². The Morgan fingerprint density at radius 2 is 2.10 bits per heavy atom. The van der Waals surface area contributed by atoms with Crippen LogP contribution in [0.3, 0.4) is 0 Å². The number of hydrogen-bond acceptors (Lipinski definition) is 6. The van der Waals surface area contributed by atoms with Gasteiger partial charge in [0.25, 0.3) is 0 Å². The van der Waals surface area contributed by atoms with E-state index in [1.165, 1.54) is 6.42 Å². The summed E-state index contributed by atoms with van der Waals surface area (Å²) in [6.07, 6.45) is 6.36. The maximum atomic E-state index is 14.7. The van der Waals surface area contributed by atoms with Crippen molar-refractivity contribution in [1.29, 1.82) is 5.26 Å². The first kappa shape index (κ1) is 22.4. The number of morpholine rings is 1. The number of hydrogen-bond donors (Lipinski definition) is 2. The first-order valence-corrected chi connectivity index (χ1v) is 12.0. The van der Waals surface area contributed by atoms with Crippen LogP contribution in [0.25, 0.3) is 0 Å². The highest BCUT2D eigenvalue weighted by Crippen LogP contribution is 2.45. The van der Waals surface area contributed by atoms with Gasteiger partial charge in [-0.2, -0.15) is 5.26 Å². The second-order valence-electron chi connectivity index (χ2n) is 10.0. The summed E-state index contributed by atoms with van der Waals surface area (Å²) < 4.78 is 26.4. The fourth-order valence-electron chi connectivity index (χ4n) is 6.47. The van der Waals surface area contributed by atoms with E-state index in [0.29, 0.717) is 48.8 Å². The topological polar surface area (TPSA) is 69.5 Å². The average Bonchev–Trinajstić information content (AvgIpc) is 3.15. The number of rotatable bonds is 5. The first-order chi connectivity index (χ1) is 14.6. The van der Waals surface area contributed by atoms with Crippen LogP contribution >= 0.6 is 0 Å². The summed E-state index contributed by atoms with van der Waals surface area (Å²) in [5.74, 6) is 1.06. The van der Waals surface area contributed by atoms with E-state index in [-0.39, 0.29) is 6.10 Å². The van der Waals surface area contributed by atoms with E-state index in [0.717, 1.165) is 51.9 Å². The summed E-state index contributed by atoms with van der Waals surface area (Å²) in [6, 6.07) is 2.91. The Labute approximate surface area is 180 Å². The summed E-state index contributed by atoms with van der Waals surface area (Å²) in [7, 11) is 1.79. The maximum absolute atomic E-state index is 14.7. The number of alkyl halides is 1. The zero-order valence-corrected chi connectivity index (χ0v) is 18.6. The molecule has 4 fully saturated rings. The smallest absolute Gasteiger partial charge is 0.116 e. The Balaban J connectivity index is 1.45. The lowest BCUT2D eigenvalue weighted by Gasteiger charge is -2.46. The normalized spacial score (nSPS) is 45.9. The molecule has 9 atom stereocenters. The molecule has 30 heavy (non-hydrogen) atoms. The average molecular weight is 423 g/mol. The highest BCUT2D eigenvalue weighted by Gasteiger charge is 2.45. The minimum absolute atomic E-state index is 0.202. The standard InChI is InChI=1S/C23H39FN4O2/c1-15-23(29-2)14-28(27-15)22-6-3-16(9-19-13-26-7-8-30-19)10-20(22)17-4-5-18(12-25)21(24)11-17/h15-23,26-27H,3-11,13-14H2,1-2H3. The van der Waals surface area contributed by atoms with Crippen molar-refractivity contribution in [2.24, 2.45) is 23.7 Å². The molecule has 4 rings (SSSR count). The third-order valence-corrected chi connectivity index (χ3v) is 8.16. The van der Waals surface area contributed by atoms with E-state index in [1.807, 2.05) is 0 Å². The van der Waals surface area contributed by atoms with Crippen LogP contribution in [0.1, 0.15) is 51.9 Å². The second kappa shape index (κ2) is 10.2. The first-order valence-electron chi connectivity index (χ1n) is 12.0. The molecule has 6 nitrogen and oxygen atoms in total. The molecule has 2 aliphatic heterocycles. The minimum atomic E-state index is -0.974. The lowest BCUT2D eigenvalue weighted by molar-refractivity contribution is -0.0229. The number of halogens is 1. The summed E-state index contributed by atoms with van der Waals surface area (Å²) in [6.45, 7) is 5.78. The monoisotopic (exact) mass is 422 g/mol. The van der Waals surface area contributed by atoms with E-state index in [1.54, 1.807) is 7.11 Å². The molecule has 4 aliphatic rings. The Bertz CT molecular complexity index is 596. The summed E-state index contributed by atoms with van der Waals surface area (Å²) in [4.78, 5) is 0. The zero-order valence-electron chi connectivity index (χ0n) is 18.6. The number of nitrogens with one attached hydrogen (secondary N) is 2. The van der Waals surface area contributed by atoms with Crippen molar-refractivity contribution in [3.8, 4) is 6.07 Å². The summed E-state index contributed by atoms with van der Waals surface area (Å²) in [5.41, 5.74) is 3.65. The van der Waals surface area contributed by atoms with Crippen molar-refractivity contribution in [3.63, 3.8) is 0 Å². The van der Waals surface area contributed by atoms with Crippen LogP contribution in [0.4, 0.5) is 4.39 Å². The van der Waals surface area contributed by atoms with E-state index in [9.17, 15) is 9.65 Å². The lowest BCUT2D eigenvalue weighted by Crippen LogP contribution is -2.52. The van der Waals surface area contributed by atoms with Gasteiger partial charge in [-0.15, -0.1) is 0 Å². The molecule has 170 valence electrons. The molecule has 7 heteroatoms. The highest BCUT2D eigenvalue weighted by molar-refractivity contribution is 4.99. The van der Waals surface area contributed by atoms with Crippen LogP contribution in [0.2, 0.25) is 0 Å². The number of ether oxygens (including phenoxy) is 2. The molecule has 0 radical (unpaired) electrons. The van der Waals surface area contributed by atoms with E-state index in [2.05, 4.69) is 28.7 Å². The van der Waals surface area contributed by atoms with Crippen molar-refractivity contribution >= 4 is 0 Å². The predicted octanol–water partition coefficient (Wildman–Crippen LogP) is 2.65. The van der Waals surface area contributed by atoms with Gasteiger partial charge in [-0.1, -0.05) is 0 Å². The fraction of sp³-hybridized carbons (Fsp3) is 0.957. The molecular formula is C23H39FN4O2. The number of nitriles is 1. The number of hydrazine groups is 1. The molecule has 0 bridgehead atoms. The van der Waals surface area contributed by atoms with E-state index >= 15 is 0 Å². The van der Waals surface area contributed by atoms with Crippen molar-refractivity contribution in [2.45, 2.75) is 82.3 Å². The van der Waals surface area contributed by atoms with Gasteiger partial charge in [0, 0.05) is 38.8 Å². The molecule has 2 saturated carbocycles. The van der Waals surface area contributed by atoms with Crippen molar-refractivity contribution < 1.29 is 13.9 Å². The summed E-state index contributed by atoms with van der Waals surface area (Å²) in [5, 5.41) is 15.1. The van der Waals surface area contributed by atoms with E-state index in [4.69, 9.17) is 9.47 Å². The third-order valence-electron chi connectivity index (χ3n) is 8.16. The Morgan fingerprint density at radius 1 is 1.23 bits per heavy atom. The van der Waals surface area contributed by atoms with Crippen LogP contribution in [-0.2, 0) is 9.47 Å². The summed E-state index contributed by atoms with van der Waals surface area (Å²) >= 11 is 0. The lowest BCUT2D eigenvalue weighted by atomic mass is 9.65. The van der Waals surface area contributed by atoms with Crippen molar-refractivity contribution in [3.05, 3.63) is 0 Å². The van der Waals surface area contributed by atoms with Gasteiger partial charge in [-0.05, 0) is 69.6 Å². The van der Waals surface area contributed by atoms with Gasteiger partial charge >= 0.3 is 0 Å². The second-order valence-corrected chi connectivity index (χ2v) is 10.0. The molecule has 2 aliphatic carbocycles. The molecule has 2 N–H and O–H groups in total. The molecule has 0 amide bonds. The Kier molecular flexibility index (Phi) is 7.64. The highest BCUT2D eigenvalue weighted by atomic mass is 19.1. The molecule has 0 spiro atoms. The van der Waals surface area contributed by atoms with Crippen LogP contribution in [0.5, 0.6) is 0 Å². The van der Waals surface area contributed by atoms with Crippen LogP contribution in [0.15, 0.2) is 0 Å². The Morgan fingerprint density at radius 3 is 2.77 bits per heavy atom. The number of methoxy groups -OCH3 is 1. The predicted molar refractivity (Wildman–Crippen MR) is 113 cm³/mol. The van der Waals surface area contributed by atoms with Crippen LogP contribution in [0, 0.1) is 35.0 Å². The van der Waals surface area contributed by atoms with Crippen molar-refractivity contribution in [1.82, 2.24) is 15.8 Å². The van der Waals surface area contributed by atoms with Crippen LogP contribution in [-0.4, -0.2) is 68.8 Å². The van der Waals surface area contributed by atoms with Crippen molar-refractivity contribution in [2.75, 3.05) is 33.4 Å². The van der Waals surface area contributed by atoms with Gasteiger partial charge in [-0.3, -0.25) is 0 Å². The number of nitrogens with zero attached hydrogens (tertiary/aromatic N) is 2. The fourth-order valence-corrected chi connectivity index (χ4v) is 6.47. The van der Waals surface area contributed by atoms with Gasteiger partial charge in [0.1, 0.15) is 6.17 Å². The quantitative estimate of drug-likeness (QED) is 0.710. The Hall–Kier alpha value is -0.780. The minimum Gasteiger partial charge on any atom is -0.378 e. The van der Waals surface area contributed by atoms with E-state index < -0.39 is 12.1 Å². The molecular weight excluding hydrogens is 383 g/mol.